The fraction of sp³-hybridized carbons (Fsp3) is 0.412. The van der Waals surface area contributed by atoms with E-state index in [-0.39, 0.29) is 11.7 Å². The van der Waals surface area contributed by atoms with E-state index in [1.54, 1.807) is 0 Å². The third kappa shape index (κ3) is 4.07. The first-order valence-corrected chi connectivity index (χ1v) is 10.4. The molecule has 1 amide bonds. The quantitative estimate of drug-likeness (QED) is 0.653. The number of carbonyl (C=O) groups excluding carboxylic acids is 1. The molecule has 0 radical (unpaired) electrons. The zero-order valence-corrected chi connectivity index (χ0v) is 16.8. The van der Waals surface area contributed by atoms with Gasteiger partial charge in [-0.25, -0.2) is 4.98 Å². The molecule has 0 aliphatic carbocycles. The number of fused-ring (bicyclic) bond motifs is 1. The number of carbonyl (C=O) groups is 1. The third-order valence-electron chi connectivity index (χ3n) is 4.23. The summed E-state index contributed by atoms with van der Waals surface area (Å²) in [6.45, 7) is 5.03. The van der Waals surface area contributed by atoms with E-state index in [0.717, 1.165) is 29.3 Å². The highest BCUT2D eigenvalue weighted by atomic mass is 32.2. The predicted octanol–water partition coefficient (Wildman–Crippen LogP) is 2.30. The molecule has 27 heavy (non-hydrogen) atoms. The van der Waals surface area contributed by atoms with Gasteiger partial charge in [0.15, 0.2) is 10.3 Å². The maximum Gasteiger partial charge on any atom is 0.236 e. The lowest BCUT2D eigenvalue weighted by atomic mass is 10.2. The van der Waals surface area contributed by atoms with Crippen molar-refractivity contribution in [1.82, 2.24) is 19.7 Å². The van der Waals surface area contributed by atoms with E-state index in [0.29, 0.717) is 23.5 Å². The number of morpholine rings is 1. The number of aromatic nitrogens is 4. The lowest BCUT2D eigenvalue weighted by Crippen LogP contribution is -2.37. The van der Waals surface area contributed by atoms with Crippen molar-refractivity contribution in [2.45, 2.75) is 12.1 Å². The van der Waals surface area contributed by atoms with Crippen molar-refractivity contribution in [2.75, 3.05) is 42.3 Å². The van der Waals surface area contributed by atoms with Crippen molar-refractivity contribution in [1.29, 1.82) is 0 Å². The van der Waals surface area contributed by atoms with Gasteiger partial charge in [-0.2, -0.15) is 0 Å². The van der Waals surface area contributed by atoms with E-state index in [1.165, 1.54) is 28.7 Å². The Labute approximate surface area is 164 Å². The van der Waals surface area contributed by atoms with Crippen LogP contribution in [0.25, 0.3) is 10.2 Å². The fourth-order valence-corrected chi connectivity index (χ4v) is 4.53. The molecule has 0 bridgehead atoms. The molecule has 1 fully saturated rings. The smallest absolute Gasteiger partial charge is 0.236 e. The van der Waals surface area contributed by atoms with Gasteiger partial charge in [0.25, 0.3) is 0 Å². The van der Waals surface area contributed by atoms with Crippen LogP contribution in [0.1, 0.15) is 5.56 Å². The number of ether oxygens (including phenoxy) is 1. The van der Waals surface area contributed by atoms with E-state index >= 15 is 0 Å². The fourth-order valence-electron chi connectivity index (χ4n) is 2.84. The van der Waals surface area contributed by atoms with Crippen molar-refractivity contribution >= 4 is 50.3 Å². The Bertz CT molecular complexity index is 964. The molecule has 1 aliphatic heterocycles. The Kier molecular flexibility index (Phi) is 5.28. The van der Waals surface area contributed by atoms with Crippen LogP contribution in [0.4, 0.5) is 11.1 Å². The van der Waals surface area contributed by atoms with Crippen molar-refractivity contribution < 1.29 is 9.53 Å². The summed E-state index contributed by atoms with van der Waals surface area (Å²) in [7, 11) is 1.92. The summed E-state index contributed by atoms with van der Waals surface area (Å²) in [5.41, 5.74) is 2.08. The molecule has 1 saturated heterocycles. The van der Waals surface area contributed by atoms with Gasteiger partial charge in [-0.1, -0.05) is 29.2 Å². The number of hydrogen-bond acceptors (Lipinski definition) is 8. The van der Waals surface area contributed by atoms with Gasteiger partial charge in [0.1, 0.15) is 0 Å². The molecule has 8 nitrogen and oxygen atoms in total. The van der Waals surface area contributed by atoms with E-state index in [9.17, 15) is 4.79 Å². The lowest BCUT2D eigenvalue weighted by molar-refractivity contribution is -0.113. The number of aryl methyl sites for hydroxylation is 1. The van der Waals surface area contributed by atoms with Crippen LogP contribution in [0.15, 0.2) is 23.4 Å². The molecule has 3 aromatic rings. The van der Waals surface area contributed by atoms with Crippen molar-refractivity contribution in [3.8, 4) is 0 Å². The van der Waals surface area contributed by atoms with Crippen LogP contribution in [0, 0.1) is 6.92 Å². The Morgan fingerprint density at radius 2 is 2.15 bits per heavy atom. The summed E-state index contributed by atoms with van der Waals surface area (Å²) >= 11 is 2.85. The second-order valence-corrected chi connectivity index (χ2v) is 8.24. The second kappa shape index (κ2) is 7.83. The highest BCUT2D eigenvalue weighted by molar-refractivity contribution is 7.99. The molecule has 1 N–H and O–H groups in total. The largest absolute Gasteiger partial charge is 0.378 e. The monoisotopic (exact) mass is 404 g/mol. The molecule has 4 rings (SSSR count). The average Bonchev–Trinajstić information content (AvgIpc) is 3.23. The normalized spacial score (nSPS) is 14.7. The number of benzene rings is 1. The number of nitrogens with one attached hydrogen (secondary N) is 1. The van der Waals surface area contributed by atoms with Gasteiger partial charge in [-0.05, 0) is 24.6 Å². The molecule has 10 heteroatoms. The summed E-state index contributed by atoms with van der Waals surface area (Å²) in [4.78, 5) is 18.9. The molecular weight excluding hydrogens is 384 g/mol. The topological polar surface area (TPSA) is 85.2 Å². The minimum absolute atomic E-state index is 0.105. The Hall–Kier alpha value is -2.17. The SMILES string of the molecule is Cc1ccc2nc(NC(=O)CSc3nnc(N4CCOCC4)n3C)sc2c1. The molecule has 3 heterocycles. The van der Waals surface area contributed by atoms with Gasteiger partial charge in [-0.3, -0.25) is 9.36 Å². The van der Waals surface area contributed by atoms with Crippen molar-refractivity contribution in [3.63, 3.8) is 0 Å². The Morgan fingerprint density at radius 3 is 2.96 bits per heavy atom. The van der Waals surface area contributed by atoms with Crippen LogP contribution in [0.5, 0.6) is 0 Å². The standard InChI is InChI=1S/C17H20N6O2S2/c1-11-3-4-12-13(9-11)27-15(18-12)19-14(24)10-26-17-21-20-16(22(17)2)23-5-7-25-8-6-23/h3-4,9H,5-8,10H2,1-2H3,(H,18,19,24). The van der Waals surface area contributed by atoms with Crippen LogP contribution < -0.4 is 10.2 Å². The van der Waals surface area contributed by atoms with Gasteiger partial charge in [0.05, 0.1) is 29.2 Å². The summed E-state index contributed by atoms with van der Waals surface area (Å²) < 4.78 is 8.36. The Morgan fingerprint density at radius 1 is 1.33 bits per heavy atom. The number of thioether (sulfide) groups is 1. The van der Waals surface area contributed by atoms with E-state index in [4.69, 9.17) is 4.74 Å². The zero-order chi connectivity index (χ0) is 18.8. The second-order valence-electron chi connectivity index (χ2n) is 6.27. The van der Waals surface area contributed by atoms with E-state index in [2.05, 4.69) is 31.5 Å². The summed E-state index contributed by atoms with van der Waals surface area (Å²) in [6.07, 6.45) is 0. The molecule has 0 saturated carbocycles. The average molecular weight is 405 g/mol. The Balaban J connectivity index is 1.36. The highest BCUT2D eigenvalue weighted by Gasteiger charge is 2.19. The van der Waals surface area contributed by atoms with Gasteiger partial charge >= 0.3 is 0 Å². The maximum absolute atomic E-state index is 12.3. The highest BCUT2D eigenvalue weighted by Crippen LogP contribution is 2.27. The van der Waals surface area contributed by atoms with Gasteiger partial charge in [0, 0.05) is 20.1 Å². The molecule has 0 unspecified atom stereocenters. The molecule has 142 valence electrons. The predicted molar refractivity (Wildman–Crippen MR) is 108 cm³/mol. The number of thiazole rings is 1. The number of amides is 1. The molecule has 0 atom stereocenters. The molecule has 1 aromatic carbocycles. The molecular formula is C17H20N6O2S2. The zero-order valence-electron chi connectivity index (χ0n) is 15.1. The number of hydrogen-bond donors (Lipinski definition) is 1. The van der Waals surface area contributed by atoms with Gasteiger partial charge in [-0.15, -0.1) is 10.2 Å². The first kappa shape index (κ1) is 18.2. The van der Waals surface area contributed by atoms with Crippen molar-refractivity contribution in [3.05, 3.63) is 23.8 Å². The van der Waals surface area contributed by atoms with Gasteiger partial charge in [0.2, 0.25) is 11.9 Å². The van der Waals surface area contributed by atoms with Crippen LogP contribution in [-0.4, -0.2) is 57.7 Å². The van der Waals surface area contributed by atoms with Gasteiger partial charge < -0.3 is 15.0 Å². The number of rotatable bonds is 5. The first-order chi connectivity index (χ1) is 13.1. The summed E-state index contributed by atoms with van der Waals surface area (Å²) in [5.74, 6) is 0.957. The third-order valence-corrected chi connectivity index (χ3v) is 6.18. The number of nitrogens with zero attached hydrogens (tertiary/aromatic N) is 5. The van der Waals surface area contributed by atoms with E-state index in [1.807, 2.05) is 30.7 Å². The van der Waals surface area contributed by atoms with Crippen LogP contribution in [-0.2, 0) is 16.6 Å². The minimum Gasteiger partial charge on any atom is -0.378 e. The minimum atomic E-state index is -0.105. The molecule has 2 aromatic heterocycles. The van der Waals surface area contributed by atoms with E-state index < -0.39 is 0 Å². The maximum atomic E-state index is 12.3. The number of anilines is 2. The molecule has 1 aliphatic rings. The van der Waals surface area contributed by atoms with Crippen LogP contribution in [0.3, 0.4) is 0 Å². The first-order valence-electron chi connectivity index (χ1n) is 8.62. The lowest BCUT2D eigenvalue weighted by Gasteiger charge is -2.27. The molecule has 0 spiro atoms. The summed E-state index contributed by atoms with van der Waals surface area (Å²) in [5, 5.41) is 12.7. The van der Waals surface area contributed by atoms with Crippen LogP contribution >= 0.6 is 23.1 Å². The summed E-state index contributed by atoms with van der Waals surface area (Å²) in [6, 6.07) is 6.06. The van der Waals surface area contributed by atoms with Crippen LogP contribution in [0.2, 0.25) is 0 Å². The van der Waals surface area contributed by atoms with Crippen molar-refractivity contribution in [2.24, 2.45) is 7.05 Å².